The lowest BCUT2D eigenvalue weighted by Gasteiger charge is -2.25. The van der Waals surface area contributed by atoms with Gasteiger partial charge in [-0.05, 0) is 25.5 Å². The molecule has 1 fully saturated rings. The van der Waals surface area contributed by atoms with Gasteiger partial charge in [0.1, 0.15) is 0 Å². The first kappa shape index (κ1) is 10.1. The molecule has 0 amide bonds. The molecule has 0 aromatic carbocycles. The lowest BCUT2D eigenvalue weighted by molar-refractivity contribution is 0.453. The first-order valence-electron chi connectivity index (χ1n) is 5.19. The van der Waals surface area contributed by atoms with E-state index in [2.05, 4.69) is 34.2 Å². The molecular weight excluding hydrogens is 194 g/mol. The van der Waals surface area contributed by atoms with Crippen LogP contribution in [0, 0.1) is 0 Å². The summed E-state index contributed by atoms with van der Waals surface area (Å²) in [6.07, 6.45) is 6.52. The monoisotopic (exact) mass is 211 g/mol. The molecule has 0 aliphatic carbocycles. The van der Waals surface area contributed by atoms with Crippen LogP contribution in [0.25, 0.3) is 0 Å². The Hall–Kier alpha value is -0.480. The highest BCUT2D eigenvalue weighted by molar-refractivity contribution is 7.99. The van der Waals surface area contributed by atoms with Gasteiger partial charge in [0.25, 0.3) is 0 Å². The van der Waals surface area contributed by atoms with Crippen molar-refractivity contribution in [2.45, 2.75) is 31.8 Å². The van der Waals surface area contributed by atoms with E-state index in [1.807, 2.05) is 12.4 Å². The third-order valence-corrected chi connectivity index (χ3v) is 3.88. The fraction of sp³-hybridized carbons (Fsp3) is 0.700. The molecule has 4 heteroatoms. The molecule has 0 spiro atoms. The van der Waals surface area contributed by atoms with Crippen LogP contribution in [0.1, 0.15) is 31.4 Å². The van der Waals surface area contributed by atoms with Crippen molar-refractivity contribution in [3.63, 3.8) is 0 Å². The van der Waals surface area contributed by atoms with Gasteiger partial charge in [-0.25, -0.2) is 0 Å². The number of hydrogen-bond donors (Lipinski definition) is 2. The molecule has 1 aliphatic heterocycles. The maximum absolute atomic E-state index is 3.97. The van der Waals surface area contributed by atoms with E-state index in [-0.39, 0.29) is 0 Å². The van der Waals surface area contributed by atoms with Crippen molar-refractivity contribution in [3.8, 4) is 0 Å². The van der Waals surface area contributed by atoms with Crippen molar-refractivity contribution in [1.29, 1.82) is 0 Å². The Kier molecular flexibility index (Phi) is 3.48. The predicted molar refractivity (Wildman–Crippen MR) is 60.5 cm³/mol. The van der Waals surface area contributed by atoms with E-state index in [4.69, 9.17) is 0 Å². The molecule has 1 saturated heterocycles. The largest absolute Gasteiger partial charge is 0.307 e. The third-order valence-electron chi connectivity index (χ3n) is 2.67. The highest BCUT2D eigenvalue weighted by Gasteiger charge is 2.16. The number of aromatic nitrogens is 2. The number of nitrogens with one attached hydrogen (secondary N) is 2. The van der Waals surface area contributed by atoms with E-state index >= 15 is 0 Å². The Balaban J connectivity index is 1.84. The molecule has 14 heavy (non-hydrogen) atoms. The Morgan fingerprint density at radius 1 is 1.71 bits per heavy atom. The molecule has 0 bridgehead atoms. The quantitative estimate of drug-likeness (QED) is 0.803. The maximum atomic E-state index is 3.97. The highest BCUT2D eigenvalue weighted by Crippen LogP contribution is 2.20. The first-order chi connectivity index (χ1) is 6.86. The Bertz CT molecular complexity index is 254. The van der Waals surface area contributed by atoms with Gasteiger partial charge in [0.15, 0.2) is 0 Å². The Morgan fingerprint density at radius 3 is 3.29 bits per heavy atom. The summed E-state index contributed by atoms with van der Waals surface area (Å²) in [7, 11) is 0. The van der Waals surface area contributed by atoms with E-state index < -0.39 is 0 Å². The second kappa shape index (κ2) is 4.84. The molecule has 0 radical (unpaired) electrons. The van der Waals surface area contributed by atoms with E-state index in [0.717, 1.165) is 0 Å². The molecule has 78 valence electrons. The van der Waals surface area contributed by atoms with Gasteiger partial charge in [0.05, 0.1) is 6.20 Å². The average Bonchev–Trinajstić information content (AvgIpc) is 2.72. The lowest BCUT2D eigenvalue weighted by atomic mass is 10.1. The SMILES string of the molecule is CC(NC1CCCSC1)c1cn[nH]c1. The number of thioether (sulfide) groups is 1. The average molecular weight is 211 g/mol. The topological polar surface area (TPSA) is 40.7 Å². The minimum Gasteiger partial charge on any atom is -0.307 e. The van der Waals surface area contributed by atoms with Gasteiger partial charge >= 0.3 is 0 Å². The van der Waals surface area contributed by atoms with Gasteiger partial charge < -0.3 is 5.32 Å². The number of aromatic amines is 1. The summed E-state index contributed by atoms with van der Waals surface area (Å²) in [5, 5.41) is 10.5. The molecule has 1 aromatic heterocycles. The van der Waals surface area contributed by atoms with Crippen LogP contribution in [-0.2, 0) is 0 Å². The highest BCUT2D eigenvalue weighted by atomic mass is 32.2. The van der Waals surface area contributed by atoms with Gasteiger partial charge in [-0.3, -0.25) is 5.10 Å². The summed E-state index contributed by atoms with van der Waals surface area (Å²) in [5.74, 6) is 2.58. The summed E-state index contributed by atoms with van der Waals surface area (Å²) < 4.78 is 0. The fourth-order valence-electron chi connectivity index (χ4n) is 1.82. The van der Waals surface area contributed by atoms with Crippen molar-refractivity contribution < 1.29 is 0 Å². The first-order valence-corrected chi connectivity index (χ1v) is 6.34. The zero-order valence-corrected chi connectivity index (χ0v) is 9.31. The molecule has 2 N–H and O–H groups in total. The number of H-pyrrole nitrogens is 1. The van der Waals surface area contributed by atoms with Crippen molar-refractivity contribution in [3.05, 3.63) is 18.0 Å². The van der Waals surface area contributed by atoms with Crippen LogP contribution in [0.5, 0.6) is 0 Å². The van der Waals surface area contributed by atoms with Crippen molar-refractivity contribution in [2.24, 2.45) is 0 Å². The van der Waals surface area contributed by atoms with E-state index in [1.165, 1.54) is 29.9 Å². The van der Waals surface area contributed by atoms with Crippen LogP contribution in [0.15, 0.2) is 12.4 Å². The summed E-state index contributed by atoms with van der Waals surface area (Å²) in [6.45, 7) is 2.20. The van der Waals surface area contributed by atoms with E-state index in [9.17, 15) is 0 Å². The standard InChI is InChI=1S/C10H17N3S/c1-8(9-5-11-12-6-9)13-10-3-2-4-14-7-10/h5-6,8,10,13H,2-4,7H2,1H3,(H,11,12). The van der Waals surface area contributed by atoms with Crippen LogP contribution >= 0.6 is 11.8 Å². The summed E-state index contributed by atoms with van der Waals surface area (Å²) in [4.78, 5) is 0. The Morgan fingerprint density at radius 2 is 2.64 bits per heavy atom. The van der Waals surface area contributed by atoms with Crippen LogP contribution in [0.4, 0.5) is 0 Å². The third kappa shape index (κ3) is 2.51. The normalized spacial score (nSPS) is 24.8. The minimum absolute atomic E-state index is 0.414. The molecule has 1 aliphatic rings. The van der Waals surface area contributed by atoms with E-state index in [1.54, 1.807) is 0 Å². The maximum Gasteiger partial charge on any atom is 0.0534 e. The summed E-state index contributed by atoms with van der Waals surface area (Å²) >= 11 is 2.06. The van der Waals surface area contributed by atoms with Crippen LogP contribution in [-0.4, -0.2) is 27.7 Å². The van der Waals surface area contributed by atoms with Gasteiger partial charge in [0, 0.05) is 29.6 Å². The van der Waals surface area contributed by atoms with Crippen molar-refractivity contribution in [1.82, 2.24) is 15.5 Å². The second-order valence-electron chi connectivity index (χ2n) is 3.83. The number of hydrogen-bond acceptors (Lipinski definition) is 3. The molecule has 0 saturated carbocycles. The molecular formula is C10H17N3S. The van der Waals surface area contributed by atoms with Crippen molar-refractivity contribution in [2.75, 3.05) is 11.5 Å². The second-order valence-corrected chi connectivity index (χ2v) is 4.98. The molecule has 2 rings (SSSR count). The predicted octanol–water partition coefficient (Wildman–Crippen LogP) is 1.96. The zero-order valence-electron chi connectivity index (χ0n) is 8.49. The Labute approximate surface area is 89.1 Å². The number of nitrogens with zero attached hydrogens (tertiary/aromatic N) is 1. The van der Waals surface area contributed by atoms with Crippen molar-refractivity contribution >= 4 is 11.8 Å². The zero-order chi connectivity index (χ0) is 9.80. The lowest BCUT2D eigenvalue weighted by Crippen LogP contribution is -2.35. The molecule has 2 unspecified atom stereocenters. The van der Waals surface area contributed by atoms with Gasteiger partial charge in [0.2, 0.25) is 0 Å². The molecule has 2 atom stereocenters. The molecule has 2 heterocycles. The smallest absolute Gasteiger partial charge is 0.0534 e. The van der Waals surface area contributed by atoms with Gasteiger partial charge in [-0.15, -0.1) is 0 Å². The minimum atomic E-state index is 0.414. The fourth-order valence-corrected chi connectivity index (χ4v) is 2.90. The van der Waals surface area contributed by atoms with Gasteiger partial charge in [-0.2, -0.15) is 16.9 Å². The van der Waals surface area contributed by atoms with Crippen LogP contribution in [0.3, 0.4) is 0 Å². The molecule has 3 nitrogen and oxygen atoms in total. The summed E-state index contributed by atoms with van der Waals surface area (Å²) in [6, 6.07) is 1.09. The van der Waals surface area contributed by atoms with E-state index in [0.29, 0.717) is 12.1 Å². The number of rotatable bonds is 3. The van der Waals surface area contributed by atoms with Crippen LogP contribution in [0.2, 0.25) is 0 Å². The molecule has 1 aromatic rings. The van der Waals surface area contributed by atoms with Gasteiger partial charge in [-0.1, -0.05) is 0 Å². The van der Waals surface area contributed by atoms with Crippen LogP contribution < -0.4 is 5.32 Å². The summed E-state index contributed by atoms with van der Waals surface area (Å²) in [5.41, 5.74) is 1.25.